The van der Waals surface area contributed by atoms with Crippen LogP contribution in [0.5, 0.6) is 11.5 Å². The molecule has 1 amide bonds. The van der Waals surface area contributed by atoms with Gasteiger partial charge >= 0.3 is 6.09 Å². The summed E-state index contributed by atoms with van der Waals surface area (Å²) in [4.78, 5) is 25.6. The Hall–Kier alpha value is -5.06. The highest BCUT2D eigenvalue weighted by Crippen LogP contribution is 2.29. The van der Waals surface area contributed by atoms with Gasteiger partial charge in [-0.2, -0.15) is 0 Å². The van der Waals surface area contributed by atoms with Crippen LogP contribution < -0.4 is 20.9 Å². The van der Waals surface area contributed by atoms with Gasteiger partial charge in [-0.05, 0) is 53.1 Å². The van der Waals surface area contributed by atoms with Crippen molar-refractivity contribution in [2.45, 2.75) is 25.3 Å². The molecule has 5 rings (SSSR count). The second-order valence-electron chi connectivity index (χ2n) is 9.45. The molecule has 0 unspecified atom stereocenters. The van der Waals surface area contributed by atoms with Crippen LogP contribution >= 0.6 is 0 Å². The van der Waals surface area contributed by atoms with Crippen LogP contribution in [0, 0.1) is 0 Å². The lowest BCUT2D eigenvalue weighted by Gasteiger charge is -2.18. The van der Waals surface area contributed by atoms with E-state index in [0.29, 0.717) is 34.8 Å². The Morgan fingerprint density at radius 3 is 2.51 bits per heavy atom. The minimum Gasteiger partial charge on any atom is -0.506 e. The van der Waals surface area contributed by atoms with Gasteiger partial charge in [-0.1, -0.05) is 48.5 Å². The highest BCUT2D eigenvalue weighted by Gasteiger charge is 2.17. The Kier molecular flexibility index (Phi) is 8.33. The summed E-state index contributed by atoms with van der Waals surface area (Å²) < 4.78 is 11.8. The topological polar surface area (TPSA) is 157 Å². The molecule has 0 aliphatic rings. The zero-order valence-corrected chi connectivity index (χ0v) is 21.9. The maximum Gasteiger partial charge on any atom is 0.405 e. The van der Waals surface area contributed by atoms with E-state index in [9.17, 15) is 24.9 Å². The first-order valence-corrected chi connectivity index (χ1v) is 13.0. The van der Waals surface area contributed by atoms with Gasteiger partial charge in [-0.3, -0.25) is 4.79 Å². The lowest BCUT2D eigenvalue weighted by molar-refractivity contribution is 0.174. The SMILES string of the molecule is O=C(O)N[C@@H](c1ccccc1)c1cccc(OCc2ccc(CNC[C@H](O)c3ccc(O)c4[nH]c(=O)ccc34)o2)c1. The van der Waals surface area contributed by atoms with Crippen molar-refractivity contribution in [2.75, 3.05) is 6.54 Å². The molecule has 0 bridgehead atoms. The van der Waals surface area contributed by atoms with E-state index in [1.807, 2.05) is 48.5 Å². The van der Waals surface area contributed by atoms with Crippen molar-refractivity contribution in [2.24, 2.45) is 0 Å². The maximum absolute atomic E-state index is 11.6. The highest BCUT2D eigenvalue weighted by atomic mass is 16.5. The van der Waals surface area contributed by atoms with Crippen LogP contribution in [0.1, 0.15) is 40.4 Å². The predicted octanol–water partition coefficient (Wildman–Crippen LogP) is 4.59. The lowest BCUT2D eigenvalue weighted by atomic mass is 9.99. The first-order valence-electron chi connectivity index (χ1n) is 13.0. The number of hydrogen-bond donors (Lipinski definition) is 6. The molecule has 10 heteroatoms. The second-order valence-corrected chi connectivity index (χ2v) is 9.45. The number of aromatic amines is 1. The number of aromatic hydroxyl groups is 1. The summed E-state index contributed by atoms with van der Waals surface area (Å²) in [6, 6.07) is 25.6. The number of furan rings is 1. The van der Waals surface area contributed by atoms with Gasteiger partial charge in [-0.25, -0.2) is 4.79 Å². The first-order chi connectivity index (χ1) is 19.9. The number of aromatic nitrogens is 1. The molecule has 210 valence electrons. The monoisotopic (exact) mass is 555 g/mol. The number of carboxylic acid groups (broad SMARTS) is 1. The Morgan fingerprint density at radius 2 is 1.71 bits per heavy atom. The van der Waals surface area contributed by atoms with E-state index in [-0.39, 0.29) is 30.0 Å². The number of amides is 1. The molecule has 3 aromatic carbocycles. The van der Waals surface area contributed by atoms with Crippen molar-refractivity contribution < 1.29 is 29.3 Å². The van der Waals surface area contributed by atoms with Crippen molar-refractivity contribution in [3.63, 3.8) is 0 Å². The highest BCUT2D eigenvalue weighted by molar-refractivity contribution is 5.87. The Bertz CT molecular complexity index is 1700. The van der Waals surface area contributed by atoms with Gasteiger partial charge in [0.2, 0.25) is 5.56 Å². The van der Waals surface area contributed by atoms with Gasteiger partial charge in [0.1, 0.15) is 29.6 Å². The third-order valence-electron chi connectivity index (χ3n) is 6.59. The quantitative estimate of drug-likeness (QED) is 0.138. The van der Waals surface area contributed by atoms with E-state index < -0.39 is 18.2 Å². The number of fused-ring (bicyclic) bond motifs is 1. The van der Waals surface area contributed by atoms with Crippen LogP contribution in [-0.4, -0.2) is 32.9 Å². The van der Waals surface area contributed by atoms with E-state index in [2.05, 4.69) is 15.6 Å². The normalized spacial score (nSPS) is 12.6. The third kappa shape index (κ3) is 6.75. The number of phenolic OH excluding ortho intramolecular Hbond substituents is 1. The molecule has 10 nitrogen and oxygen atoms in total. The molecule has 5 aromatic rings. The van der Waals surface area contributed by atoms with Gasteiger partial charge in [0.05, 0.1) is 24.2 Å². The molecule has 0 saturated carbocycles. The van der Waals surface area contributed by atoms with Crippen LogP contribution in [0.15, 0.2) is 100 Å². The predicted molar refractivity (Wildman–Crippen MR) is 152 cm³/mol. The molecular formula is C31H29N3O7. The van der Waals surface area contributed by atoms with Crippen LogP contribution in [-0.2, 0) is 13.2 Å². The van der Waals surface area contributed by atoms with E-state index in [0.717, 1.165) is 11.1 Å². The number of nitrogens with one attached hydrogen (secondary N) is 3. The fourth-order valence-electron chi connectivity index (χ4n) is 4.65. The minimum absolute atomic E-state index is 0.0633. The second kappa shape index (κ2) is 12.4. The van der Waals surface area contributed by atoms with Gasteiger partial charge in [-0.15, -0.1) is 0 Å². The van der Waals surface area contributed by atoms with E-state index in [4.69, 9.17) is 9.15 Å². The van der Waals surface area contributed by atoms with Gasteiger partial charge in [0, 0.05) is 18.0 Å². The Balaban J connectivity index is 1.17. The summed E-state index contributed by atoms with van der Waals surface area (Å²) in [7, 11) is 0. The Morgan fingerprint density at radius 1 is 0.927 bits per heavy atom. The fraction of sp³-hybridized carbons (Fsp3) is 0.161. The zero-order chi connectivity index (χ0) is 28.8. The van der Waals surface area contributed by atoms with Crippen molar-refractivity contribution >= 4 is 17.0 Å². The molecular weight excluding hydrogens is 526 g/mol. The molecule has 2 atom stereocenters. The van der Waals surface area contributed by atoms with E-state index >= 15 is 0 Å². The van der Waals surface area contributed by atoms with Crippen molar-refractivity contribution in [3.05, 3.63) is 130 Å². The zero-order valence-electron chi connectivity index (χ0n) is 21.9. The number of carbonyl (C=O) groups is 1. The number of ether oxygens (including phenoxy) is 1. The van der Waals surface area contributed by atoms with Gasteiger partial charge in [0.15, 0.2) is 0 Å². The molecule has 0 radical (unpaired) electrons. The van der Waals surface area contributed by atoms with Crippen LogP contribution in [0.4, 0.5) is 4.79 Å². The summed E-state index contributed by atoms with van der Waals surface area (Å²) in [6.07, 6.45) is -2.01. The van der Waals surface area contributed by atoms with Crippen molar-refractivity contribution in [3.8, 4) is 11.5 Å². The summed E-state index contributed by atoms with van der Waals surface area (Å²) >= 11 is 0. The van der Waals surface area contributed by atoms with Crippen LogP contribution in [0.25, 0.3) is 10.9 Å². The van der Waals surface area contributed by atoms with Crippen molar-refractivity contribution in [1.29, 1.82) is 0 Å². The van der Waals surface area contributed by atoms with Crippen molar-refractivity contribution in [1.82, 2.24) is 15.6 Å². The lowest BCUT2D eigenvalue weighted by Crippen LogP contribution is -2.27. The number of phenols is 1. The molecule has 6 N–H and O–H groups in total. The first kappa shape index (κ1) is 27.5. The van der Waals surface area contributed by atoms with Gasteiger partial charge < -0.3 is 40.1 Å². The number of aliphatic hydroxyl groups is 1. The fourth-order valence-corrected chi connectivity index (χ4v) is 4.65. The summed E-state index contributed by atoms with van der Waals surface area (Å²) in [5, 5.41) is 36.4. The Labute approximate surface area is 234 Å². The average Bonchev–Trinajstić information content (AvgIpc) is 3.43. The summed E-state index contributed by atoms with van der Waals surface area (Å²) in [6.45, 7) is 0.746. The largest absolute Gasteiger partial charge is 0.506 e. The number of benzene rings is 3. The third-order valence-corrected chi connectivity index (χ3v) is 6.59. The molecule has 2 aromatic heterocycles. The number of hydrogen-bond acceptors (Lipinski definition) is 7. The minimum atomic E-state index is -1.12. The molecule has 0 saturated heterocycles. The van der Waals surface area contributed by atoms with Crippen LogP contribution in [0.3, 0.4) is 0 Å². The number of rotatable bonds is 11. The number of H-pyrrole nitrogens is 1. The summed E-state index contributed by atoms with van der Waals surface area (Å²) in [5.74, 6) is 1.76. The molecule has 2 heterocycles. The number of aliphatic hydroxyl groups excluding tert-OH is 1. The molecule has 0 aliphatic heterocycles. The maximum atomic E-state index is 11.6. The number of pyridine rings is 1. The molecule has 0 fully saturated rings. The standard InChI is InChI=1S/C31H29N3O7/c35-26-13-11-24(25-12-14-28(37)33-30(25)26)27(36)17-32-16-22-9-10-23(41-22)18-40-21-8-4-7-20(15-21)29(34-31(38)39)19-5-2-1-3-6-19/h1-15,27,29,32,34-36H,16-18H2,(H,33,37)(H,38,39)/t27-,29-/m0/s1. The van der Waals surface area contributed by atoms with E-state index in [1.165, 1.54) is 12.1 Å². The van der Waals surface area contributed by atoms with E-state index in [1.54, 1.807) is 30.3 Å². The molecule has 0 aliphatic carbocycles. The molecule has 0 spiro atoms. The average molecular weight is 556 g/mol. The summed E-state index contributed by atoms with van der Waals surface area (Å²) in [5.41, 5.74) is 2.07. The molecule has 41 heavy (non-hydrogen) atoms. The smallest absolute Gasteiger partial charge is 0.405 e. The van der Waals surface area contributed by atoms with Crippen LogP contribution in [0.2, 0.25) is 0 Å². The van der Waals surface area contributed by atoms with Gasteiger partial charge in [0.25, 0.3) is 0 Å².